The molecule has 6 heteroatoms. The number of hydrogen-bond donors (Lipinski definition) is 2. The molecular formula is C26H20BrN3O2. The zero-order valence-electron chi connectivity index (χ0n) is 17.4. The molecule has 3 aromatic carbocycles. The van der Waals surface area contributed by atoms with Crippen molar-refractivity contribution in [3.63, 3.8) is 0 Å². The Morgan fingerprint density at radius 3 is 2.66 bits per heavy atom. The maximum absolute atomic E-state index is 13.1. The molecule has 0 spiro atoms. The van der Waals surface area contributed by atoms with Crippen LogP contribution in [-0.2, 0) is 6.54 Å². The zero-order chi connectivity index (χ0) is 22.1. The number of carbonyl (C=O) groups excluding carboxylic acids is 1. The normalized spacial score (nSPS) is 11.1. The Kier molecular flexibility index (Phi) is 5.37. The van der Waals surface area contributed by atoms with Gasteiger partial charge in [0.2, 0.25) is 0 Å². The van der Waals surface area contributed by atoms with Crippen LogP contribution in [0.3, 0.4) is 0 Å². The minimum absolute atomic E-state index is 0.237. The van der Waals surface area contributed by atoms with Crippen LogP contribution in [0.5, 0.6) is 5.75 Å². The second-order valence-electron chi connectivity index (χ2n) is 7.45. The Labute approximate surface area is 193 Å². The number of pyridine rings is 1. The maximum Gasteiger partial charge on any atom is 0.270 e. The van der Waals surface area contributed by atoms with Gasteiger partial charge in [0.25, 0.3) is 5.91 Å². The standard InChI is InChI=1S/C26H20BrN3O2/c1-32-23-12-5-2-7-17(23)15-28-26(31)22-14-20-19-10-3-4-11-21(19)29-25(20)24(30-22)16-8-6-9-18(27)13-16/h2-14,29H,15H2,1H3,(H,28,31). The number of aromatic amines is 1. The number of aromatic nitrogens is 2. The number of ether oxygens (including phenoxy) is 1. The van der Waals surface area contributed by atoms with Crippen molar-refractivity contribution < 1.29 is 9.53 Å². The number of H-pyrrole nitrogens is 1. The van der Waals surface area contributed by atoms with Crippen LogP contribution in [0.4, 0.5) is 0 Å². The topological polar surface area (TPSA) is 67.0 Å². The molecule has 0 fully saturated rings. The van der Waals surface area contributed by atoms with E-state index in [-0.39, 0.29) is 5.91 Å². The molecule has 0 radical (unpaired) electrons. The number of methoxy groups -OCH3 is 1. The van der Waals surface area contributed by atoms with Crippen LogP contribution in [0.1, 0.15) is 16.1 Å². The molecule has 0 aliphatic heterocycles. The summed E-state index contributed by atoms with van der Waals surface area (Å²) >= 11 is 3.54. The fourth-order valence-electron chi connectivity index (χ4n) is 3.92. The van der Waals surface area contributed by atoms with Gasteiger partial charge < -0.3 is 15.0 Å². The van der Waals surface area contributed by atoms with Gasteiger partial charge in [0.05, 0.1) is 18.3 Å². The Morgan fingerprint density at radius 2 is 1.81 bits per heavy atom. The number of amides is 1. The fourth-order valence-corrected chi connectivity index (χ4v) is 4.32. The van der Waals surface area contributed by atoms with Crippen molar-refractivity contribution in [2.45, 2.75) is 6.54 Å². The first kappa shape index (κ1) is 20.3. The number of rotatable bonds is 5. The van der Waals surface area contributed by atoms with Gasteiger partial charge in [0.1, 0.15) is 11.4 Å². The summed E-state index contributed by atoms with van der Waals surface area (Å²) < 4.78 is 6.34. The van der Waals surface area contributed by atoms with E-state index in [1.807, 2.05) is 72.8 Å². The summed E-state index contributed by atoms with van der Waals surface area (Å²) in [4.78, 5) is 21.4. The Balaban J connectivity index is 1.60. The van der Waals surface area contributed by atoms with Crippen molar-refractivity contribution in [1.82, 2.24) is 15.3 Å². The van der Waals surface area contributed by atoms with Crippen LogP contribution >= 0.6 is 15.9 Å². The van der Waals surface area contributed by atoms with Crippen LogP contribution < -0.4 is 10.1 Å². The summed E-state index contributed by atoms with van der Waals surface area (Å²) in [5.74, 6) is 0.502. The number of halogens is 1. The molecule has 0 aliphatic carbocycles. The molecule has 0 aliphatic rings. The van der Waals surface area contributed by atoms with Gasteiger partial charge in [-0.2, -0.15) is 0 Å². The summed E-state index contributed by atoms with van der Waals surface area (Å²) in [6, 6.07) is 25.5. The third-order valence-electron chi connectivity index (χ3n) is 5.46. The minimum Gasteiger partial charge on any atom is -0.496 e. The van der Waals surface area contributed by atoms with Crippen molar-refractivity contribution in [2.75, 3.05) is 7.11 Å². The monoisotopic (exact) mass is 485 g/mol. The molecule has 0 unspecified atom stereocenters. The number of fused-ring (bicyclic) bond motifs is 3. The number of benzene rings is 3. The second-order valence-corrected chi connectivity index (χ2v) is 8.37. The highest BCUT2D eigenvalue weighted by atomic mass is 79.9. The Morgan fingerprint density at radius 1 is 1.00 bits per heavy atom. The smallest absolute Gasteiger partial charge is 0.270 e. The number of nitrogens with one attached hydrogen (secondary N) is 2. The molecule has 158 valence electrons. The van der Waals surface area contributed by atoms with E-state index >= 15 is 0 Å². The zero-order valence-corrected chi connectivity index (χ0v) is 18.9. The Hall–Kier alpha value is -3.64. The summed E-state index contributed by atoms with van der Waals surface area (Å²) in [6.07, 6.45) is 0. The van der Waals surface area contributed by atoms with Crippen LogP contribution in [0.2, 0.25) is 0 Å². The van der Waals surface area contributed by atoms with Gasteiger partial charge in [0, 0.05) is 38.4 Å². The van der Waals surface area contributed by atoms with Crippen LogP contribution in [-0.4, -0.2) is 23.0 Å². The van der Waals surface area contributed by atoms with Crippen molar-refractivity contribution in [1.29, 1.82) is 0 Å². The molecule has 5 rings (SSSR count). The van der Waals surface area contributed by atoms with E-state index in [1.165, 1.54) is 0 Å². The lowest BCUT2D eigenvalue weighted by molar-refractivity contribution is 0.0946. The molecular weight excluding hydrogens is 466 g/mol. The van der Waals surface area contributed by atoms with E-state index in [1.54, 1.807) is 7.11 Å². The van der Waals surface area contributed by atoms with Gasteiger partial charge in [-0.1, -0.05) is 64.5 Å². The molecule has 5 aromatic rings. The quantitative estimate of drug-likeness (QED) is 0.316. The first-order chi connectivity index (χ1) is 15.6. The van der Waals surface area contributed by atoms with Gasteiger partial charge >= 0.3 is 0 Å². The molecule has 0 bridgehead atoms. The van der Waals surface area contributed by atoms with Crippen molar-refractivity contribution in [3.8, 4) is 17.0 Å². The predicted molar refractivity (Wildman–Crippen MR) is 131 cm³/mol. The van der Waals surface area contributed by atoms with Crippen molar-refractivity contribution >= 4 is 43.6 Å². The largest absolute Gasteiger partial charge is 0.496 e. The van der Waals surface area contributed by atoms with Gasteiger partial charge in [-0.05, 0) is 30.3 Å². The molecule has 32 heavy (non-hydrogen) atoms. The molecule has 1 amide bonds. The third-order valence-corrected chi connectivity index (χ3v) is 5.95. The maximum atomic E-state index is 13.1. The van der Waals surface area contributed by atoms with E-state index in [4.69, 9.17) is 9.72 Å². The van der Waals surface area contributed by atoms with Crippen LogP contribution in [0, 0.1) is 0 Å². The van der Waals surface area contributed by atoms with Crippen molar-refractivity contribution in [2.24, 2.45) is 0 Å². The van der Waals surface area contributed by atoms with Gasteiger partial charge in [0.15, 0.2) is 0 Å². The van der Waals surface area contributed by atoms with E-state index in [0.717, 1.165) is 48.8 Å². The van der Waals surface area contributed by atoms with E-state index in [0.29, 0.717) is 12.2 Å². The number of hydrogen-bond acceptors (Lipinski definition) is 3. The van der Waals surface area contributed by atoms with E-state index in [9.17, 15) is 4.79 Å². The highest BCUT2D eigenvalue weighted by Gasteiger charge is 2.17. The molecule has 0 saturated heterocycles. The summed E-state index contributed by atoms with van der Waals surface area (Å²) in [5, 5.41) is 5.01. The highest BCUT2D eigenvalue weighted by molar-refractivity contribution is 9.10. The minimum atomic E-state index is -0.237. The van der Waals surface area contributed by atoms with Crippen LogP contribution in [0.25, 0.3) is 33.1 Å². The van der Waals surface area contributed by atoms with Gasteiger partial charge in [-0.3, -0.25) is 4.79 Å². The molecule has 2 heterocycles. The number of carbonyl (C=O) groups is 1. The highest BCUT2D eigenvalue weighted by Crippen LogP contribution is 2.33. The average molecular weight is 486 g/mol. The lowest BCUT2D eigenvalue weighted by Crippen LogP contribution is -2.24. The molecule has 2 N–H and O–H groups in total. The second kappa shape index (κ2) is 8.48. The van der Waals surface area contributed by atoms with E-state index in [2.05, 4.69) is 32.3 Å². The van der Waals surface area contributed by atoms with Crippen LogP contribution in [0.15, 0.2) is 83.3 Å². The van der Waals surface area contributed by atoms with Crippen molar-refractivity contribution in [3.05, 3.63) is 94.6 Å². The summed E-state index contributed by atoms with van der Waals surface area (Å²) in [6.45, 7) is 0.350. The molecule has 5 nitrogen and oxygen atoms in total. The SMILES string of the molecule is COc1ccccc1CNC(=O)c1cc2c([nH]c3ccccc32)c(-c2cccc(Br)c2)n1. The average Bonchev–Trinajstić information content (AvgIpc) is 3.20. The Bertz CT molecular complexity index is 1460. The predicted octanol–water partition coefficient (Wildman–Crippen LogP) is 6.08. The first-order valence-electron chi connectivity index (χ1n) is 10.2. The lowest BCUT2D eigenvalue weighted by Gasteiger charge is -2.11. The number of para-hydroxylation sites is 2. The van der Waals surface area contributed by atoms with Gasteiger partial charge in [-0.25, -0.2) is 4.98 Å². The molecule has 0 saturated carbocycles. The number of nitrogens with zero attached hydrogens (tertiary/aromatic N) is 1. The summed E-state index contributed by atoms with van der Waals surface area (Å²) in [5.41, 5.74) is 4.85. The molecule has 0 atom stereocenters. The first-order valence-corrected chi connectivity index (χ1v) is 11.0. The lowest BCUT2D eigenvalue weighted by atomic mass is 10.1. The summed E-state index contributed by atoms with van der Waals surface area (Å²) in [7, 11) is 1.62. The fraction of sp³-hybridized carbons (Fsp3) is 0.0769. The third kappa shape index (κ3) is 3.74. The van der Waals surface area contributed by atoms with E-state index < -0.39 is 0 Å². The van der Waals surface area contributed by atoms with Gasteiger partial charge in [-0.15, -0.1) is 0 Å². The molecule has 2 aromatic heterocycles.